The van der Waals surface area contributed by atoms with Crippen molar-refractivity contribution in [2.75, 3.05) is 5.73 Å². The average molecular weight is 375 g/mol. The van der Waals surface area contributed by atoms with Gasteiger partial charge in [0, 0.05) is 22.2 Å². The number of benzene rings is 1. The summed E-state index contributed by atoms with van der Waals surface area (Å²) in [5, 5.41) is 9.84. The predicted molar refractivity (Wildman–Crippen MR) is 84.4 cm³/mol. The van der Waals surface area contributed by atoms with Crippen molar-refractivity contribution in [2.24, 2.45) is 0 Å². The summed E-state index contributed by atoms with van der Waals surface area (Å²) in [5.74, 6) is 0. The van der Waals surface area contributed by atoms with Crippen molar-refractivity contribution < 1.29 is 13.5 Å². The summed E-state index contributed by atoms with van der Waals surface area (Å²) in [6, 6.07) is 3.14. The van der Waals surface area contributed by atoms with Crippen molar-refractivity contribution in [1.82, 2.24) is 4.31 Å². The van der Waals surface area contributed by atoms with E-state index in [1.54, 1.807) is 23.4 Å². The van der Waals surface area contributed by atoms with Crippen molar-refractivity contribution in [3.63, 3.8) is 0 Å². The number of piperidine rings is 1. The van der Waals surface area contributed by atoms with Gasteiger partial charge in [-0.25, -0.2) is 8.42 Å². The molecule has 0 spiro atoms. The second-order valence-electron chi connectivity index (χ2n) is 5.96. The van der Waals surface area contributed by atoms with Gasteiger partial charge in [-0.1, -0.05) is 15.9 Å². The van der Waals surface area contributed by atoms with E-state index in [-0.39, 0.29) is 23.1 Å². The maximum atomic E-state index is 13.0. The van der Waals surface area contributed by atoms with Crippen LogP contribution in [0, 0.1) is 6.92 Å². The number of nitrogens with zero attached hydrogens (tertiary/aromatic N) is 1. The molecule has 2 aliphatic heterocycles. The Balaban J connectivity index is 2.06. The first-order valence-electron chi connectivity index (χ1n) is 7.08. The second-order valence-corrected chi connectivity index (χ2v) is 8.69. The fourth-order valence-electron chi connectivity index (χ4n) is 3.55. The van der Waals surface area contributed by atoms with Crippen molar-refractivity contribution >= 4 is 31.6 Å². The molecule has 2 atom stereocenters. The summed E-state index contributed by atoms with van der Waals surface area (Å²) in [4.78, 5) is 0.266. The quantitative estimate of drug-likeness (QED) is 0.775. The number of rotatable bonds is 2. The summed E-state index contributed by atoms with van der Waals surface area (Å²) in [6.45, 7) is 1.73. The molecule has 3 rings (SSSR count). The largest absolute Gasteiger partial charge is 0.398 e. The number of sulfonamides is 1. The number of hydrogen-bond donors (Lipinski definition) is 2. The zero-order valence-corrected chi connectivity index (χ0v) is 14.2. The molecule has 7 heteroatoms. The highest BCUT2D eigenvalue weighted by atomic mass is 79.9. The first-order valence-corrected chi connectivity index (χ1v) is 9.31. The van der Waals surface area contributed by atoms with Gasteiger partial charge in [-0.2, -0.15) is 4.31 Å². The summed E-state index contributed by atoms with van der Waals surface area (Å²) < 4.78 is 28.4. The number of nitrogen functional groups attached to an aromatic ring is 1. The van der Waals surface area contributed by atoms with Crippen LogP contribution in [-0.2, 0) is 10.0 Å². The van der Waals surface area contributed by atoms with Crippen LogP contribution in [0.3, 0.4) is 0 Å². The predicted octanol–water partition coefficient (Wildman–Crippen LogP) is 2.02. The molecule has 0 aliphatic carbocycles. The fraction of sp³-hybridized carbons (Fsp3) is 0.571. The van der Waals surface area contributed by atoms with Crippen LogP contribution >= 0.6 is 15.9 Å². The number of halogens is 1. The SMILES string of the molecule is Cc1c(N)cc(Br)cc1S(=O)(=O)N1C2CCC1CC(O)C2. The molecule has 116 valence electrons. The van der Waals surface area contributed by atoms with E-state index in [9.17, 15) is 13.5 Å². The Hall–Kier alpha value is -0.630. The van der Waals surface area contributed by atoms with E-state index in [4.69, 9.17) is 5.73 Å². The second kappa shape index (κ2) is 5.22. The lowest BCUT2D eigenvalue weighted by molar-refractivity contribution is 0.0768. The van der Waals surface area contributed by atoms with Crippen LogP contribution in [0.25, 0.3) is 0 Å². The molecule has 3 N–H and O–H groups in total. The van der Waals surface area contributed by atoms with Crippen LogP contribution in [-0.4, -0.2) is 36.0 Å². The van der Waals surface area contributed by atoms with E-state index in [1.807, 2.05) is 0 Å². The minimum atomic E-state index is -3.58. The van der Waals surface area contributed by atoms with E-state index in [0.717, 1.165) is 12.8 Å². The van der Waals surface area contributed by atoms with Crippen molar-refractivity contribution in [3.8, 4) is 0 Å². The summed E-state index contributed by atoms with van der Waals surface area (Å²) in [6.07, 6.45) is 2.31. The Bertz CT molecular complexity index is 663. The number of nitrogens with two attached hydrogens (primary N) is 1. The minimum Gasteiger partial charge on any atom is -0.398 e. The summed E-state index contributed by atoms with van der Waals surface area (Å²) in [5.41, 5.74) is 6.95. The molecule has 0 radical (unpaired) electrons. The maximum Gasteiger partial charge on any atom is 0.243 e. The molecular formula is C14H19BrN2O3S. The molecule has 2 bridgehead atoms. The van der Waals surface area contributed by atoms with Crippen LogP contribution < -0.4 is 5.73 Å². The minimum absolute atomic E-state index is 0.0941. The lowest BCUT2D eigenvalue weighted by Gasteiger charge is -2.36. The van der Waals surface area contributed by atoms with Gasteiger partial charge in [0.25, 0.3) is 0 Å². The molecular weight excluding hydrogens is 356 g/mol. The Morgan fingerprint density at radius 3 is 2.43 bits per heavy atom. The average Bonchev–Trinajstić information content (AvgIpc) is 2.67. The zero-order chi connectivity index (χ0) is 15.4. The third kappa shape index (κ3) is 2.50. The van der Waals surface area contributed by atoms with Gasteiger partial charge < -0.3 is 10.8 Å². The molecule has 0 amide bonds. The Labute approximate surface area is 133 Å². The van der Waals surface area contributed by atoms with Crippen molar-refractivity contribution in [1.29, 1.82) is 0 Å². The van der Waals surface area contributed by atoms with E-state index >= 15 is 0 Å². The Morgan fingerprint density at radius 2 is 1.86 bits per heavy atom. The van der Waals surface area contributed by atoms with E-state index in [1.165, 1.54) is 0 Å². The maximum absolute atomic E-state index is 13.0. The van der Waals surface area contributed by atoms with Gasteiger partial charge in [0.1, 0.15) is 0 Å². The molecule has 5 nitrogen and oxygen atoms in total. The zero-order valence-electron chi connectivity index (χ0n) is 11.8. The molecule has 0 aromatic heterocycles. The molecule has 2 saturated heterocycles. The molecule has 2 aliphatic rings. The molecule has 2 unspecified atom stereocenters. The van der Waals surface area contributed by atoms with Gasteiger partial charge >= 0.3 is 0 Å². The monoisotopic (exact) mass is 374 g/mol. The third-order valence-electron chi connectivity index (χ3n) is 4.56. The number of aliphatic hydroxyl groups excluding tert-OH is 1. The van der Waals surface area contributed by atoms with Crippen LogP contribution in [0.15, 0.2) is 21.5 Å². The van der Waals surface area contributed by atoms with Crippen LogP contribution in [0.2, 0.25) is 0 Å². The first kappa shape index (κ1) is 15.3. The summed E-state index contributed by atoms with van der Waals surface area (Å²) in [7, 11) is -3.58. The van der Waals surface area contributed by atoms with Crippen molar-refractivity contribution in [2.45, 2.75) is 55.7 Å². The molecule has 1 aromatic rings. The van der Waals surface area contributed by atoms with Gasteiger partial charge in [-0.05, 0) is 50.3 Å². The Kier molecular flexibility index (Phi) is 3.80. The molecule has 0 saturated carbocycles. The van der Waals surface area contributed by atoms with Gasteiger partial charge in [-0.15, -0.1) is 0 Å². The number of fused-ring (bicyclic) bond motifs is 2. The normalized spacial score (nSPS) is 29.8. The van der Waals surface area contributed by atoms with E-state index < -0.39 is 10.0 Å². The van der Waals surface area contributed by atoms with Gasteiger partial charge in [0.05, 0.1) is 11.0 Å². The highest BCUT2D eigenvalue weighted by Crippen LogP contribution is 2.41. The van der Waals surface area contributed by atoms with Gasteiger partial charge in [0.15, 0.2) is 0 Å². The summed E-state index contributed by atoms with van der Waals surface area (Å²) >= 11 is 3.32. The number of anilines is 1. The van der Waals surface area contributed by atoms with Gasteiger partial charge in [0.2, 0.25) is 10.0 Å². The lowest BCUT2D eigenvalue weighted by Crippen LogP contribution is -2.48. The Morgan fingerprint density at radius 1 is 1.29 bits per heavy atom. The molecule has 21 heavy (non-hydrogen) atoms. The van der Waals surface area contributed by atoms with E-state index in [0.29, 0.717) is 28.6 Å². The highest BCUT2D eigenvalue weighted by molar-refractivity contribution is 9.10. The standard InChI is InChI=1S/C14H19BrN2O3S/c1-8-13(16)4-9(15)5-14(8)21(19,20)17-10-2-3-11(17)7-12(18)6-10/h4-5,10-12,18H,2-3,6-7,16H2,1H3. The lowest BCUT2D eigenvalue weighted by atomic mass is 10.0. The fourth-order valence-corrected chi connectivity index (χ4v) is 6.36. The third-order valence-corrected chi connectivity index (χ3v) is 7.15. The molecule has 2 fully saturated rings. The highest BCUT2D eigenvalue weighted by Gasteiger charge is 2.47. The van der Waals surface area contributed by atoms with Gasteiger partial charge in [-0.3, -0.25) is 0 Å². The van der Waals surface area contributed by atoms with Crippen LogP contribution in [0.1, 0.15) is 31.2 Å². The van der Waals surface area contributed by atoms with Crippen LogP contribution in [0.5, 0.6) is 0 Å². The van der Waals surface area contributed by atoms with Crippen molar-refractivity contribution in [3.05, 3.63) is 22.2 Å². The van der Waals surface area contributed by atoms with Crippen LogP contribution in [0.4, 0.5) is 5.69 Å². The topological polar surface area (TPSA) is 83.6 Å². The van der Waals surface area contributed by atoms with E-state index in [2.05, 4.69) is 15.9 Å². The molecule has 2 heterocycles. The molecule has 1 aromatic carbocycles. The first-order chi connectivity index (χ1) is 9.80. The number of hydrogen-bond acceptors (Lipinski definition) is 4. The smallest absolute Gasteiger partial charge is 0.243 e. The number of aliphatic hydroxyl groups is 1.